The van der Waals surface area contributed by atoms with Gasteiger partial charge in [0, 0.05) is 42.8 Å². The Morgan fingerprint density at radius 2 is 1.82 bits per heavy atom. The SMILES string of the molecule is C[C@@H]1CCN(C(Cc2cccc3ccccc23)C(N)=O)C(=O)[C@H](c2cccc(Cl)c2)N1C(=O)CNC(=O)CCc1cccnc1. The molecule has 3 N–H and O–H groups in total. The van der Waals surface area contributed by atoms with E-state index in [2.05, 4.69) is 10.3 Å². The van der Waals surface area contributed by atoms with Gasteiger partial charge in [-0.3, -0.25) is 24.2 Å². The lowest BCUT2D eigenvalue weighted by atomic mass is 9.96. The lowest BCUT2D eigenvalue weighted by molar-refractivity contribution is -0.148. The van der Waals surface area contributed by atoms with E-state index in [9.17, 15) is 19.2 Å². The van der Waals surface area contributed by atoms with Crippen molar-refractivity contribution in [1.29, 1.82) is 0 Å². The van der Waals surface area contributed by atoms with Gasteiger partial charge >= 0.3 is 0 Å². The minimum absolute atomic E-state index is 0.188. The number of amides is 4. The number of nitrogens with zero attached hydrogens (tertiary/aromatic N) is 3. The number of nitrogens with one attached hydrogen (secondary N) is 1. The zero-order chi connectivity index (χ0) is 31.9. The molecule has 4 aromatic rings. The van der Waals surface area contributed by atoms with Gasteiger partial charge in [0.05, 0.1) is 6.54 Å². The standard InChI is InChI=1S/C35H36ClN5O4/c1-23-16-18-40(30(34(37)44)20-26-10-4-9-25-8-2-3-13-29(25)26)35(45)33(27-11-5-12-28(36)19-27)41(23)32(43)22-39-31(42)15-14-24-7-6-17-38-21-24/h2-13,17,19,21,23,30,33H,14-16,18,20,22H2,1H3,(H2,37,44)(H,39,42)/t23-,30?,33+/m1/s1. The quantitative estimate of drug-likeness (QED) is 0.273. The third kappa shape index (κ3) is 7.49. The van der Waals surface area contributed by atoms with Gasteiger partial charge < -0.3 is 20.9 Å². The average molecular weight is 626 g/mol. The summed E-state index contributed by atoms with van der Waals surface area (Å²) >= 11 is 6.35. The molecule has 3 atom stereocenters. The number of aryl methyl sites for hydroxylation is 1. The molecule has 0 saturated carbocycles. The van der Waals surface area contributed by atoms with E-state index in [-0.39, 0.29) is 31.8 Å². The van der Waals surface area contributed by atoms with E-state index in [0.29, 0.717) is 23.4 Å². The van der Waals surface area contributed by atoms with Gasteiger partial charge in [-0.05, 0) is 65.4 Å². The van der Waals surface area contributed by atoms with Crippen LogP contribution in [0.3, 0.4) is 0 Å². The van der Waals surface area contributed by atoms with Gasteiger partial charge in [0.2, 0.25) is 17.7 Å². The normalized spacial score (nSPS) is 17.5. The zero-order valence-corrected chi connectivity index (χ0v) is 25.8. The molecule has 1 aliphatic rings. The molecule has 3 aromatic carbocycles. The molecular formula is C35H36ClN5O4. The van der Waals surface area contributed by atoms with E-state index in [1.165, 1.54) is 9.80 Å². The number of primary amides is 1. The summed E-state index contributed by atoms with van der Waals surface area (Å²) in [5.74, 6) is -1.76. The summed E-state index contributed by atoms with van der Waals surface area (Å²) in [5.41, 5.74) is 8.29. The van der Waals surface area contributed by atoms with Crippen LogP contribution in [0.15, 0.2) is 91.3 Å². The van der Waals surface area contributed by atoms with Crippen LogP contribution in [0, 0.1) is 0 Å². The number of nitrogens with two attached hydrogens (primary N) is 1. The van der Waals surface area contributed by atoms with Crippen LogP contribution in [0.25, 0.3) is 10.8 Å². The zero-order valence-electron chi connectivity index (χ0n) is 25.1. The first-order valence-corrected chi connectivity index (χ1v) is 15.4. The van der Waals surface area contributed by atoms with Crippen LogP contribution >= 0.6 is 11.6 Å². The lowest BCUT2D eigenvalue weighted by Gasteiger charge is -2.36. The number of aromatic nitrogens is 1. The maximum absolute atomic E-state index is 14.5. The van der Waals surface area contributed by atoms with Gasteiger partial charge in [0.1, 0.15) is 12.1 Å². The van der Waals surface area contributed by atoms with Gasteiger partial charge in [-0.1, -0.05) is 72.3 Å². The predicted molar refractivity (Wildman–Crippen MR) is 173 cm³/mol. The Bertz CT molecular complexity index is 1690. The Labute approximate surface area is 267 Å². The molecule has 9 nitrogen and oxygen atoms in total. The summed E-state index contributed by atoms with van der Waals surface area (Å²) < 4.78 is 0. The van der Waals surface area contributed by atoms with E-state index >= 15 is 0 Å². The number of halogens is 1. The highest BCUT2D eigenvalue weighted by Crippen LogP contribution is 2.33. The number of pyridine rings is 1. The van der Waals surface area contributed by atoms with Gasteiger partial charge in [0.15, 0.2) is 0 Å². The van der Waals surface area contributed by atoms with Crippen LogP contribution < -0.4 is 11.1 Å². The Morgan fingerprint density at radius 3 is 2.58 bits per heavy atom. The first-order valence-electron chi connectivity index (χ1n) is 15.0. The second-order valence-corrected chi connectivity index (χ2v) is 11.8. The smallest absolute Gasteiger partial charge is 0.250 e. The molecule has 2 heterocycles. The fraction of sp³-hybridized carbons (Fsp3) is 0.286. The molecule has 232 valence electrons. The highest BCUT2D eigenvalue weighted by atomic mass is 35.5. The van der Waals surface area contributed by atoms with E-state index in [1.807, 2.05) is 55.5 Å². The van der Waals surface area contributed by atoms with Crippen molar-refractivity contribution in [2.45, 2.75) is 50.7 Å². The first-order chi connectivity index (χ1) is 21.7. The summed E-state index contributed by atoms with van der Waals surface area (Å²) in [6.45, 7) is 1.80. The number of fused-ring (bicyclic) bond motifs is 1. The summed E-state index contributed by atoms with van der Waals surface area (Å²) in [6, 6.07) is 21.8. The van der Waals surface area contributed by atoms with Crippen molar-refractivity contribution in [3.05, 3.63) is 113 Å². The first kappa shape index (κ1) is 31.7. The third-order valence-electron chi connectivity index (χ3n) is 8.31. The molecule has 1 saturated heterocycles. The fourth-order valence-corrected chi connectivity index (χ4v) is 6.18. The number of hydrogen-bond donors (Lipinski definition) is 2. The largest absolute Gasteiger partial charge is 0.368 e. The lowest BCUT2D eigenvalue weighted by Crippen LogP contribution is -2.53. The van der Waals surface area contributed by atoms with Crippen LogP contribution in [0.2, 0.25) is 5.02 Å². The Morgan fingerprint density at radius 1 is 1.04 bits per heavy atom. The fourth-order valence-electron chi connectivity index (χ4n) is 5.99. The predicted octanol–water partition coefficient (Wildman–Crippen LogP) is 4.22. The number of carbonyl (C=O) groups is 4. The molecule has 0 radical (unpaired) electrons. The second kappa shape index (κ2) is 14.3. The topological polar surface area (TPSA) is 126 Å². The maximum Gasteiger partial charge on any atom is 0.250 e. The van der Waals surface area contributed by atoms with E-state index in [0.717, 1.165) is 21.9 Å². The Balaban J connectivity index is 1.41. The molecule has 1 aliphatic heterocycles. The Hall–Kier alpha value is -4.76. The van der Waals surface area contributed by atoms with E-state index in [1.54, 1.807) is 42.7 Å². The van der Waals surface area contributed by atoms with E-state index < -0.39 is 35.8 Å². The molecule has 1 unspecified atom stereocenters. The minimum atomic E-state index is -1.07. The highest BCUT2D eigenvalue weighted by Gasteiger charge is 2.43. The Kier molecular flexibility index (Phi) is 10.1. The molecule has 4 amide bonds. The molecule has 0 bridgehead atoms. The van der Waals surface area contributed by atoms with Crippen LogP contribution in [0.5, 0.6) is 0 Å². The number of rotatable bonds is 10. The van der Waals surface area contributed by atoms with Crippen molar-refractivity contribution in [1.82, 2.24) is 20.1 Å². The number of benzene rings is 3. The van der Waals surface area contributed by atoms with Crippen molar-refractivity contribution in [2.24, 2.45) is 5.73 Å². The number of carbonyl (C=O) groups excluding carboxylic acids is 4. The van der Waals surface area contributed by atoms with Gasteiger partial charge in [-0.25, -0.2) is 0 Å². The van der Waals surface area contributed by atoms with Crippen molar-refractivity contribution in [2.75, 3.05) is 13.1 Å². The maximum atomic E-state index is 14.5. The van der Waals surface area contributed by atoms with Crippen molar-refractivity contribution >= 4 is 46.0 Å². The molecule has 45 heavy (non-hydrogen) atoms. The molecule has 0 spiro atoms. The van der Waals surface area contributed by atoms with Crippen molar-refractivity contribution in [3.63, 3.8) is 0 Å². The summed E-state index contributed by atoms with van der Waals surface area (Å²) in [5, 5.41) is 5.11. The van der Waals surface area contributed by atoms with E-state index in [4.69, 9.17) is 17.3 Å². The van der Waals surface area contributed by atoms with Crippen molar-refractivity contribution < 1.29 is 19.2 Å². The van der Waals surface area contributed by atoms with Crippen molar-refractivity contribution in [3.8, 4) is 0 Å². The van der Waals surface area contributed by atoms with Gasteiger partial charge in [0.25, 0.3) is 5.91 Å². The molecule has 1 fully saturated rings. The summed E-state index contributed by atoms with van der Waals surface area (Å²) in [4.78, 5) is 61.0. The monoisotopic (exact) mass is 625 g/mol. The third-order valence-corrected chi connectivity index (χ3v) is 8.54. The number of hydrogen-bond acceptors (Lipinski definition) is 5. The summed E-state index contributed by atoms with van der Waals surface area (Å²) in [7, 11) is 0. The van der Waals surface area contributed by atoms with Crippen LogP contribution in [-0.2, 0) is 32.0 Å². The molecule has 1 aromatic heterocycles. The molecular weight excluding hydrogens is 590 g/mol. The van der Waals surface area contributed by atoms with Gasteiger partial charge in [-0.2, -0.15) is 0 Å². The molecule has 5 rings (SSSR count). The molecule has 10 heteroatoms. The van der Waals surface area contributed by atoms with Crippen LogP contribution in [0.1, 0.15) is 42.5 Å². The van der Waals surface area contributed by atoms with Gasteiger partial charge in [-0.15, -0.1) is 0 Å². The average Bonchev–Trinajstić information content (AvgIpc) is 3.17. The highest BCUT2D eigenvalue weighted by molar-refractivity contribution is 6.30. The van der Waals surface area contributed by atoms with Crippen LogP contribution in [0.4, 0.5) is 0 Å². The van der Waals surface area contributed by atoms with Crippen LogP contribution in [-0.4, -0.2) is 63.6 Å². The minimum Gasteiger partial charge on any atom is -0.368 e. The summed E-state index contributed by atoms with van der Waals surface area (Å²) in [6.07, 6.45) is 4.66. The second-order valence-electron chi connectivity index (χ2n) is 11.3. The molecule has 0 aliphatic carbocycles.